The summed E-state index contributed by atoms with van der Waals surface area (Å²) >= 11 is 0. The summed E-state index contributed by atoms with van der Waals surface area (Å²) in [6, 6.07) is 7.42. The van der Waals surface area contributed by atoms with Crippen molar-refractivity contribution in [3.8, 4) is 0 Å². The number of aryl methyl sites for hydroxylation is 2. The monoisotopic (exact) mass is 453 g/mol. The topological polar surface area (TPSA) is 122 Å². The predicted octanol–water partition coefficient (Wildman–Crippen LogP) is 1.82. The molecule has 0 saturated carbocycles. The van der Waals surface area contributed by atoms with Crippen molar-refractivity contribution >= 4 is 23.4 Å². The number of aromatic nitrogens is 2. The molecule has 0 radical (unpaired) electrons. The summed E-state index contributed by atoms with van der Waals surface area (Å²) in [7, 11) is 0. The van der Waals surface area contributed by atoms with Crippen LogP contribution in [0.15, 0.2) is 35.1 Å². The van der Waals surface area contributed by atoms with E-state index in [0.29, 0.717) is 11.3 Å². The molecule has 0 saturated heterocycles. The van der Waals surface area contributed by atoms with Crippen LogP contribution in [0.2, 0.25) is 0 Å². The van der Waals surface area contributed by atoms with Crippen molar-refractivity contribution in [1.29, 1.82) is 0 Å². The fraction of sp³-hybridized carbons (Fsp3) is 0.458. The van der Waals surface area contributed by atoms with Crippen molar-refractivity contribution in [3.63, 3.8) is 0 Å². The van der Waals surface area contributed by atoms with Gasteiger partial charge in [-0.25, -0.2) is 4.68 Å². The highest BCUT2D eigenvalue weighted by atomic mass is 16.2. The third kappa shape index (κ3) is 6.06. The van der Waals surface area contributed by atoms with Gasteiger partial charge in [0, 0.05) is 35.8 Å². The number of fused-ring (bicyclic) bond motifs is 1. The first kappa shape index (κ1) is 24.2. The number of carbonyl (C=O) groups excluding carboxylic acids is 3. The lowest BCUT2D eigenvalue weighted by Crippen LogP contribution is -2.40. The van der Waals surface area contributed by atoms with Gasteiger partial charge in [0.1, 0.15) is 6.04 Å². The minimum atomic E-state index is -0.741. The van der Waals surface area contributed by atoms with Crippen molar-refractivity contribution in [2.24, 2.45) is 5.41 Å². The van der Waals surface area contributed by atoms with Gasteiger partial charge in [0.25, 0.3) is 11.5 Å². The van der Waals surface area contributed by atoms with E-state index in [-0.39, 0.29) is 36.4 Å². The number of hydrogen-bond acceptors (Lipinski definition) is 5. The van der Waals surface area contributed by atoms with Crippen molar-refractivity contribution in [2.75, 3.05) is 18.4 Å². The number of amides is 3. The molecule has 3 N–H and O–H groups in total. The van der Waals surface area contributed by atoms with Crippen LogP contribution in [0.25, 0.3) is 0 Å². The molecule has 9 heteroatoms. The van der Waals surface area contributed by atoms with Crippen LogP contribution in [0.3, 0.4) is 0 Å². The lowest BCUT2D eigenvalue weighted by Gasteiger charge is -2.17. The highest BCUT2D eigenvalue weighted by Crippen LogP contribution is 2.19. The van der Waals surface area contributed by atoms with Gasteiger partial charge in [-0.3, -0.25) is 19.2 Å². The van der Waals surface area contributed by atoms with Crippen molar-refractivity contribution in [3.05, 3.63) is 57.5 Å². The van der Waals surface area contributed by atoms with E-state index in [9.17, 15) is 19.2 Å². The van der Waals surface area contributed by atoms with Gasteiger partial charge in [0.2, 0.25) is 11.8 Å². The number of anilines is 1. The third-order valence-electron chi connectivity index (χ3n) is 5.52. The molecule has 33 heavy (non-hydrogen) atoms. The zero-order valence-corrected chi connectivity index (χ0v) is 19.5. The maximum Gasteiger partial charge on any atom is 0.267 e. The van der Waals surface area contributed by atoms with E-state index in [0.717, 1.165) is 30.5 Å². The Morgan fingerprint density at radius 2 is 1.73 bits per heavy atom. The van der Waals surface area contributed by atoms with E-state index >= 15 is 0 Å². The van der Waals surface area contributed by atoms with E-state index < -0.39 is 11.5 Å². The Balaban J connectivity index is 1.46. The van der Waals surface area contributed by atoms with Crippen LogP contribution >= 0.6 is 0 Å². The van der Waals surface area contributed by atoms with E-state index in [1.165, 1.54) is 4.68 Å². The summed E-state index contributed by atoms with van der Waals surface area (Å²) in [6.07, 6.45) is 2.65. The van der Waals surface area contributed by atoms with Crippen molar-refractivity contribution in [2.45, 2.75) is 53.0 Å². The molecular weight excluding hydrogens is 422 g/mol. The molecule has 0 bridgehead atoms. The fourth-order valence-corrected chi connectivity index (χ4v) is 3.44. The van der Waals surface area contributed by atoms with Gasteiger partial charge in [0.15, 0.2) is 0 Å². The zero-order chi connectivity index (χ0) is 24.2. The molecule has 0 aliphatic heterocycles. The van der Waals surface area contributed by atoms with Crippen molar-refractivity contribution < 1.29 is 14.4 Å². The van der Waals surface area contributed by atoms with Gasteiger partial charge >= 0.3 is 0 Å². The molecular formula is C24H31N5O4. The van der Waals surface area contributed by atoms with E-state index in [4.69, 9.17) is 0 Å². The van der Waals surface area contributed by atoms with Crippen LogP contribution < -0.4 is 21.5 Å². The summed E-state index contributed by atoms with van der Waals surface area (Å²) in [5.74, 6) is -0.736. The molecule has 1 aromatic heterocycles. The molecule has 0 spiro atoms. The summed E-state index contributed by atoms with van der Waals surface area (Å²) in [5.41, 5.74) is 2.11. The van der Waals surface area contributed by atoms with E-state index in [1.807, 2.05) is 20.8 Å². The Kier molecular flexibility index (Phi) is 7.30. The average molecular weight is 454 g/mol. The van der Waals surface area contributed by atoms with Gasteiger partial charge in [-0.15, -0.1) is 0 Å². The normalized spacial score (nSPS) is 13.7. The molecule has 176 valence electrons. The maximum absolute atomic E-state index is 12.4. The minimum Gasteiger partial charge on any atom is -0.352 e. The molecule has 1 atom stereocenters. The summed E-state index contributed by atoms with van der Waals surface area (Å²) in [6.45, 7) is 7.54. The second kappa shape index (κ2) is 9.97. The smallest absolute Gasteiger partial charge is 0.267 e. The quantitative estimate of drug-likeness (QED) is 0.552. The Morgan fingerprint density at radius 3 is 2.39 bits per heavy atom. The summed E-state index contributed by atoms with van der Waals surface area (Å²) in [4.78, 5) is 49.1. The highest BCUT2D eigenvalue weighted by Gasteiger charge is 2.22. The predicted molar refractivity (Wildman–Crippen MR) is 125 cm³/mol. The number of hydrogen-bond donors (Lipinski definition) is 3. The third-order valence-corrected chi connectivity index (χ3v) is 5.52. The fourth-order valence-electron chi connectivity index (χ4n) is 3.44. The van der Waals surface area contributed by atoms with Gasteiger partial charge in [-0.05, 0) is 56.0 Å². The van der Waals surface area contributed by atoms with E-state index in [2.05, 4.69) is 21.0 Å². The largest absolute Gasteiger partial charge is 0.352 e. The Labute approximate surface area is 193 Å². The molecule has 2 aromatic rings. The van der Waals surface area contributed by atoms with Gasteiger partial charge in [-0.1, -0.05) is 20.8 Å². The lowest BCUT2D eigenvalue weighted by molar-refractivity contribution is -0.124. The Hall–Kier alpha value is -3.49. The molecule has 3 amide bonds. The van der Waals surface area contributed by atoms with Gasteiger partial charge in [0.05, 0.1) is 5.69 Å². The number of benzene rings is 1. The summed E-state index contributed by atoms with van der Waals surface area (Å²) < 4.78 is 1.22. The summed E-state index contributed by atoms with van der Waals surface area (Å²) in [5, 5.41) is 12.6. The van der Waals surface area contributed by atoms with Crippen LogP contribution in [0.1, 0.15) is 61.8 Å². The van der Waals surface area contributed by atoms with Crippen LogP contribution in [-0.2, 0) is 22.4 Å². The van der Waals surface area contributed by atoms with Crippen molar-refractivity contribution in [1.82, 2.24) is 20.4 Å². The van der Waals surface area contributed by atoms with Crippen LogP contribution in [0.5, 0.6) is 0 Å². The average Bonchev–Trinajstić information content (AvgIpc) is 3.22. The van der Waals surface area contributed by atoms with Crippen LogP contribution in [0, 0.1) is 5.41 Å². The Bertz CT molecular complexity index is 1100. The second-order valence-corrected chi connectivity index (χ2v) is 9.26. The number of nitrogens with one attached hydrogen (secondary N) is 3. The molecule has 1 aromatic carbocycles. The maximum atomic E-state index is 12.4. The highest BCUT2D eigenvalue weighted by molar-refractivity contribution is 5.97. The van der Waals surface area contributed by atoms with E-state index in [1.54, 1.807) is 37.3 Å². The number of nitrogens with zero attached hydrogens (tertiary/aromatic N) is 2. The molecule has 9 nitrogen and oxygen atoms in total. The Morgan fingerprint density at radius 1 is 1.06 bits per heavy atom. The molecule has 1 unspecified atom stereocenters. The minimum absolute atomic E-state index is 0.109. The zero-order valence-electron chi connectivity index (χ0n) is 19.5. The molecule has 1 heterocycles. The molecule has 1 aliphatic rings. The van der Waals surface area contributed by atoms with Crippen LogP contribution in [-0.4, -0.2) is 40.6 Å². The van der Waals surface area contributed by atoms with Gasteiger partial charge < -0.3 is 16.0 Å². The molecule has 1 aliphatic carbocycles. The SMILES string of the molecule is CC(C(=O)NCCNC(=O)c1ccc(NC(=O)C(C)(C)C)cc1)n1nc2c(cc1=O)CCC2. The first-order chi connectivity index (χ1) is 15.6. The first-order valence-electron chi connectivity index (χ1n) is 11.2. The lowest BCUT2D eigenvalue weighted by atomic mass is 9.95. The molecule has 0 fully saturated rings. The first-order valence-corrected chi connectivity index (χ1v) is 11.2. The second-order valence-electron chi connectivity index (χ2n) is 9.26. The number of carbonyl (C=O) groups is 3. The molecule has 3 rings (SSSR count). The standard InChI is InChI=1S/C24H31N5O4/c1-15(29-20(30)14-17-6-5-7-19(17)28-29)21(31)25-12-13-26-22(32)16-8-10-18(11-9-16)27-23(33)24(2,3)4/h8-11,14-15H,5-7,12-13H2,1-4H3,(H,25,31)(H,26,32)(H,27,33). The van der Waals surface area contributed by atoms with Gasteiger partial charge in [-0.2, -0.15) is 5.10 Å². The number of rotatable bonds is 7. The van der Waals surface area contributed by atoms with Crippen LogP contribution in [0.4, 0.5) is 5.69 Å².